The minimum Gasteiger partial charge on any atom is -0.465 e. The number of nitrogens with zero attached hydrogens (tertiary/aromatic N) is 1. The fourth-order valence-electron chi connectivity index (χ4n) is 2.99. The number of methoxy groups -OCH3 is 1. The van der Waals surface area contributed by atoms with Gasteiger partial charge in [-0.3, -0.25) is 0 Å². The molecule has 0 aliphatic heterocycles. The van der Waals surface area contributed by atoms with Gasteiger partial charge in [-0.15, -0.1) is 0 Å². The van der Waals surface area contributed by atoms with Crippen LogP contribution in [0, 0.1) is 17.1 Å². The van der Waals surface area contributed by atoms with Crippen LogP contribution in [0.5, 0.6) is 0 Å². The molecule has 2 aromatic rings. The highest BCUT2D eigenvalue weighted by Gasteiger charge is 2.24. The van der Waals surface area contributed by atoms with Crippen LogP contribution in [0.25, 0.3) is 0 Å². The predicted octanol–water partition coefficient (Wildman–Crippen LogP) is 3.37. The summed E-state index contributed by atoms with van der Waals surface area (Å²) in [6.45, 7) is 0. The first-order chi connectivity index (χ1) is 10.6. The number of fused-ring (bicyclic) bond motifs is 2. The molecular weight excluding hydrogens is 281 g/mol. The normalized spacial score (nSPS) is 16.0. The van der Waals surface area contributed by atoms with E-state index in [-0.39, 0.29) is 5.82 Å². The highest BCUT2D eigenvalue weighted by molar-refractivity contribution is 5.89. The number of aryl methyl sites for hydroxylation is 2. The summed E-state index contributed by atoms with van der Waals surface area (Å²) in [4.78, 5) is 11.7. The molecule has 4 heteroatoms. The molecule has 0 amide bonds. The molecule has 0 saturated carbocycles. The second kappa shape index (κ2) is 5.61. The van der Waals surface area contributed by atoms with E-state index in [1.54, 1.807) is 24.3 Å². The summed E-state index contributed by atoms with van der Waals surface area (Å²) in [6, 6.07) is 12.1. The third-order valence-corrected chi connectivity index (χ3v) is 4.09. The van der Waals surface area contributed by atoms with Crippen LogP contribution in [0.15, 0.2) is 36.4 Å². The first-order valence-corrected chi connectivity index (χ1v) is 7.03. The molecule has 0 bridgehead atoms. The molecule has 3 rings (SSSR count). The van der Waals surface area contributed by atoms with Crippen molar-refractivity contribution in [2.75, 3.05) is 7.11 Å². The second-order valence-corrected chi connectivity index (χ2v) is 5.31. The largest absolute Gasteiger partial charge is 0.465 e. The molecule has 1 aliphatic carbocycles. The maximum atomic E-state index is 13.6. The summed E-state index contributed by atoms with van der Waals surface area (Å²) in [7, 11) is 1.34. The zero-order valence-corrected chi connectivity index (χ0v) is 12.1. The van der Waals surface area contributed by atoms with Crippen LogP contribution in [-0.4, -0.2) is 13.1 Å². The zero-order chi connectivity index (χ0) is 15.7. The fourth-order valence-corrected chi connectivity index (χ4v) is 2.99. The number of hydrogen-bond acceptors (Lipinski definition) is 3. The Morgan fingerprint density at radius 2 is 1.95 bits per heavy atom. The van der Waals surface area contributed by atoms with Gasteiger partial charge in [-0.05, 0) is 59.4 Å². The van der Waals surface area contributed by atoms with Gasteiger partial charge in [0.05, 0.1) is 24.7 Å². The number of hydrogen-bond donors (Lipinski definition) is 0. The Balaban J connectivity index is 2.14. The third kappa shape index (κ3) is 2.35. The lowest BCUT2D eigenvalue weighted by atomic mass is 9.88. The van der Waals surface area contributed by atoms with Crippen molar-refractivity contribution in [1.82, 2.24) is 0 Å². The van der Waals surface area contributed by atoms with E-state index in [1.165, 1.54) is 19.2 Å². The molecule has 22 heavy (non-hydrogen) atoms. The Bertz CT molecular complexity index is 792. The molecule has 1 unspecified atom stereocenters. The predicted molar refractivity (Wildman–Crippen MR) is 79.0 cm³/mol. The summed E-state index contributed by atoms with van der Waals surface area (Å²) in [6.07, 6.45) is 1.42. The monoisotopic (exact) mass is 295 g/mol. The van der Waals surface area contributed by atoms with E-state index in [9.17, 15) is 14.4 Å². The van der Waals surface area contributed by atoms with Gasteiger partial charge in [0.15, 0.2) is 0 Å². The van der Waals surface area contributed by atoms with Crippen LogP contribution >= 0.6 is 0 Å². The molecule has 1 aliphatic rings. The van der Waals surface area contributed by atoms with Gasteiger partial charge in [-0.25, -0.2) is 9.18 Å². The summed E-state index contributed by atoms with van der Waals surface area (Å²) in [5.41, 5.74) is 3.93. The topological polar surface area (TPSA) is 50.1 Å². The van der Waals surface area contributed by atoms with E-state index >= 15 is 0 Å². The van der Waals surface area contributed by atoms with E-state index in [0.717, 1.165) is 16.7 Å². The van der Waals surface area contributed by atoms with Crippen LogP contribution in [0.3, 0.4) is 0 Å². The lowest BCUT2D eigenvalue weighted by molar-refractivity contribution is 0.0600. The van der Waals surface area contributed by atoms with E-state index in [2.05, 4.69) is 6.07 Å². The Morgan fingerprint density at radius 3 is 2.68 bits per heavy atom. The molecule has 1 atom stereocenters. The summed E-state index contributed by atoms with van der Waals surface area (Å²) < 4.78 is 18.3. The van der Waals surface area contributed by atoms with Crippen LogP contribution in [0.2, 0.25) is 0 Å². The van der Waals surface area contributed by atoms with E-state index in [1.807, 2.05) is 0 Å². The van der Waals surface area contributed by atoms with Crippen LogP contribution in [-0.2, 0) is 17.6 Å². The van der Waals surface area contributed by atoms with Crippen molar-refractivity contribution in [3.8, 4) is 6.07 Å². The van der Waals surface area contributed by atoms with E-state index in [4.69, 9.17) is 4.74 Å². The van der Waals surface area contributed by atoms with Crippen molar-refractivity contribution >= 4 is 5.97 Å². The van der Waals surface area contributed by atoms with Crippen molar-refractivity contribution in [3.63, 3.8) is 0 Å². The zero-order valence-electron chi connectivity index (χ0n) is 12.1. The number of halogens is 1. The lowest BCUT2D eigenvalue weighted by Gasteiger charge is -2.14. The highest BCUT2D eigenvalue weighted by atomic mass is 19.1. The summed E-state index contributed by atoms with van der Waals surface area (Å²) in [5.74, 6) is -1.26. The van der Waals surface area contributed by atoms with Gasteiger partial charge in [-0.2, -0.15) is 5.26 Å². The first kappa shape index (κ1) is 14.3. The Labute approximate surface area is 128 Å². The maximum absolute atomic E-state index is 13.6. The third-order valence-electron chi connectivity index (χ3n) is 4.09. The lowest BCUT2D eigenvalue weighted by Crippen LogP contribution is -2.06. The minimum atomic E-state index is -0.519. The Hall–Kier alpha value is -2.67. The Morgan fingerprint density at radius 1 is 1.18 bits per heavy atom. The van der Waals surface area contributed by atoms with Crippen LogP contribution < -0.4 is 0 Å². The van der Waals surface area contributed by atoms with Crippen LogP contribution in [0.1, 0.15) is 38.5 Å². The number of carbonyl (C=O) groups is 1. The Kier molecular flexibility index (Phi) is 3.64. The standard InChI is InChI=1S/C18H14FNO2/c1-22-18(21)13-5-7-15-12(8-13)3-2-11-4-6-14(19)9-16(11)17(15)10-20/h4-9,17H,2-3H2,1H3. The van der Waals surface area contributed by atoms with Gasteiger partial charge in [0.1, 0.15) is 5.82 Å². The number of esters is 1. The smallest absolute Gasteiger partial charge is 0.337 e. The van der Waals surface area contributed by atoms with Gasteiger partial charge in [0, 0.05) is 0 Å². The molecule has 3 nitrogen and oxygen atoms in total. The molecule has 0 aromatic heterocycles. The van der Waals surface area contributed by atoms with Crippen molar-refractivity contribution < 1.29 is 13.9 Å². The highest BCUT2D eigenvalue weighted by Crippen LogP contribution is 2.34. The summed E-state index contributed by atoms with van der Waals surface area (Å²) >= 11 is 0. The maximum Gasteiger partial charge on any atom is 0.337 e. The molecule has 0 spiro atoms. The van der Waals surface area contributed by atoms with Gasteiger partial charge in [0.25, 0.3) is 0 Å². The second-order valence-electron chi connectivity index (χ2n) is 5.31. The molecule has 0 radical (unpaired) electrons. The average Bonchev–Trinajstić information content (AvgIpc) is 2.69. The quantitative estimate of drug-likeness (QED) is 0.758. The molecule has 110 valence electrons. The number of carbonyl (C=O) groups excluding carboxylic acids is 1. The molecule has 2 aromatic carbocycles. The van der Waals surface area contributed by atoms with Gasteiger partial charge < -0.3 is 4.74 Å². The number of benzene rings is 2. The number of ether oxygens (including phenoxy) is 1. The minimum absolute atomic E-state index is 0.339. The molecular formula is C18H14FNO2. The van der Waals surface area contributed by atoms with Gasteiger partial charge in [0.2, 0.25) is 0 Å². The summed E-state index contributed by atoms with van der Waals surface area (Å²) in [5, 5.41) is 9.56. The van der Waals surface area contributed by atoms with Crippen molar-refractivity contribution in [1.29, 1.82) is 5.26 Å². The van der Waals surface area contributed by atoms with Gasteiger partial charge in [-0.1, -0.05) is 12.1 Å². The van der Waals surface area contributed by atoms with Gasteiger partial charge >= 0.3 is 5.97 Å². The first-order valence-electron chi connectivity index (χ1n) is 7.03. The fraction of sp³-hybridized carbons (Fsp3) is 0.222. The SMILES string of the molecule is COC(=O)c1ccc2c(c1)CCc1ccc(F)cc1C2C#N. The van der Waals surface area contributed by atoms with E-state index in [0.29, 0.717) is 24.0 Å². The number of nitriles is 1. The van der Waals surface area contributed by atoms with Crippen molar-refractivity contribution in [2.45, 2.75) is 18.8 Å². The molecule has 0 N–H and O–H groups in total. The number of rotatable bonds is 1. The van der Waals surface area contributed by atoms with Crippen molar-refractivity contribution in [2.24, 2.45) is 0 Å². The van der Waals surface area contributed by atoms with E-state index < -0.39 is 11.9 Å². The molecule has 0 saturated heterocycles. The average molecular weight is 295 g/mol. The molecule has 0 heterocycles. The molecule has 0 fully saturated rings. The van der Waals surface area contributed by atoms with Crippen molar-refractivity contribution in [3.05, 3.63) is 70.0 Å². The van der Waals surface area contributed by atoms with Crippen LogP contribution in [0.4, 0.5) is 4.39 Å².